The second kappa shape index (κ2) is 7.98. The SMILES string of the molecule is Cc1noc(-c2ccc(-c3nc4c(c(NC5CCC(O)CC5)n3)[S@+]([O-])CC4)cc2)n1. The molecule has 1 aliphatic carbocycles. The molecule has 1 aromatic carbocycles. The standard InChI is InChI=1S/C21H23N5O3S/c1-12-22-21(29-26-12)14-4-2-13(3-5-14)19-24-17-10-11-30(28)18(17)20(25-19)23-15-6-8-16(27)9-7-15/h2-5,15-16,27H,6-11H2,1H3,(H,23,24,25)/t15?,16?,30-/m1/s1. The lowest BCUT2D eigenvalue weighted by molar-refractivity contribution is 0.126. The minimum atomic E-state index is -1.08. The van der Waals surface area contributed by atoms with Crippen LogP contribution in [0.3, 0.4) is 0 Å². The van der Waals surface area contributed by atoms with Gasteiger partial charge in [-0.15, -0.1) is 0 Å². The zero-order valence-corrected chi connectivity index (χ0v) is 17.5. The molecule has 0 spiro atoms. The molecule has 5 rings (SSSR count). The summed E-state index contributed by atoms with van der Waals surface area (Å²) in [6.07, 6.45) is 3.77. The van der Waals surface area contributed by atoms with Crippen LogP contribution in [0, 0.1) is 6.92 Å². The van der Waals surface area contributed by atoms with Crippen LogP contribution >= 0.6 is 0 Å². The van der Waals surface area contributed by atoms with Gasteiger partial charge in [-0.05, 0) is 55.9 Å². The van der Waals surface area contributed by atoms with Gasteiger partial charge in [0.25, 0.3) is 5.89 Å². The quantitative estimate of drug-likeness (QED) is 0.612. The van der Waals surface area contributed by atoms with Crippen LogP contribution in [0.2, 0.25) is 0 Å². The van der Waals surface area contributed by atoms with Crippen LogP contribution in [0.25, 0.3) is 22.8 Å². The predicted molar refractivity (Wildman–Crippen MR) is 112 cm³/mol. The summed E-state index contributed by atoms with van der Waals surface area (Å²) in [6.45, 7) is 1.78. The number of aryl methyl sites for hydroxylation is 2. The van der Waals surface area contributed by atoms with E-state index in [0.717, 1.165) is 47.4 Å². The second-order valence-corrected chi connectivity index (χ2v) is 9.35. The van der Waals surface area contributed by atoms with E-state index in [-0.39, 0.29) is 12.1 Å². The van der Waals surface area contributed by atoms with Gasteiger partial charge in [0, 0.05) is 23.6 Å². The molecule has 2 aromatic heterocycles. The maximum absolute atomic E-state index is 12.6. The van der Waals surface area contributed by atoms with Crippen molar-refractivity contribution in [3.05, 3.63) is 35.8 Å². The number of anilines is 1. The summed E-state index contributed by atoms with van der Waals surface area (Å²) in [5.74, 6) is 2.94. The van der Waals surface area contributed by atoms with E-state index in [9.17, 15) is 9.66 Å². The van der Waals surface area contributed by atoms with Crippen molar-refractivity contribution >= 4 is 17.0 Å². The molecule has 0 saturated heterocycles. The highest BCUT2D eigenvalue weighted by atomic mass is 32.2. The monoisotopic (exact) mass is 425 g/mol. The average Bonchev–Trinajstić information content (AvgIpc) is 3.36. The molecule has 0 radical (unpaired) electrons. The fourth-order valence-electron chi connectivity index (χ4n) is 4.01. The van der Waals surface area contributed by atoms with Crippen molar-refractivity contribution in [3.63, 3.8) is 0 Å². The van der Waals surface area contributed by atoms with Crippen LogP contribution < -0.4 is 5.32 Å². The first-order valence-electron chi connectivity index (χ1n) is 10.2. The smallest absolute Gasteiger partial charge is 0.257 e. The molecule has 3 aromatic rings. The number of aliphatic hydroxyl groups excluding tert-OH is 1. The summed E-state index contributed by atoms with van der Waals surface area (Å²) in [7, 11) is 0. The third-order valence-corrected chi connectivity index (χ3v) is 7.10. The van der Waals surface area contributed by atoms with Crippen molar-refractivity contribution in [2.75, 3.05) is 11.1 Å². The lowest BCUT2D eigenvalue weighted by atomic mass is 9.93. The van der Waals surface area contributed by atoms with Gasteiger partial charge in [0.1, 0.15) is 11.4 Å². The average molecular weight is 426 g/mol. The highest BCUT2D eigenvalue weighted by Crippen LogP contribution is 2.34. The first kappa shape index (κ1) is 19.5. The first-order chi connectivity index (χ1) is 14.6. The molecule has 9 heteroatoms. The van der Waals surface area contributed by atoms with Crippen LogP contribution in [-0.2, 0) is 17.6 Å². The number of hydrogen-bond donors (Lipinski definition) is 2. The highest BCUT2D eigenvalue weighted by Gasteiger charge is 2.33. The Hall–Kier alpha value is -2.49. The van der Waals surface area contributed by atoms with Crippen molar-refractivity contribution in [1.29, 1.82) is 0 Å². The van der Waals surface area contributed by atoms with Crippen molar-refractivity contribution in [3.8, 4) is 22.8 Å². The number of nitrogens with zero attached hydrogens (tertiary/aromatic N) is 4. The summed E-state index contributed by atoms with van der Waals surface area (Å²) in [6, 6.07) is 7.91. The molecule has 1 fully saturated rings. The number of fused-ring (bicyclic) bond motifs is 1. The Morgan fingerprint density at radius 1 is 1.07 bits per heavy atom. The molecule has 2 aliphatic rings. The van der Waals surface area contributed by atoms with Gasteiger partial charge in [-0.2, -0.15) is 4.98 Å². The first-order valence-corrected chi connectivity index (χ1v) is 11.5. The van der Waals surface area contributed by atoms with E-state index in [1.165, 1.54) is 0 Å². The molecular weight excluding hydrogens is 402 g/mol. The largest absolute Gasteiger partial charge is 0.611 e. The normalized spacial score (nSPS) is 23.4. The van der Waals surface area contributed by atoms with Crippen molar-refractivity contribution in [2.24, 2.45) is 0 Å². The molecule has 30 heavy (non-hydrogen) atoms. The van der Waals surface area contributed by atoms with Gasteiger partial charge < -0.3 is 19.5 Å². The minimum Gasteiger partial charge on any atom is -0.611 e. The third-order valence-electron chi connectivity index (χ3n) is 5.64. The van der Waals surface area contributed by atoms with E-state index < -0.39 is 11.2 Å². The summed E-state index contributed by atoms with van der Waals surface area (Å²) in [5.41, 5.74) is 2.56. The van der Waals surface area contributed by atoms with Crippen LogP contribution in [0.15, 0.2) is 33.7 Å². The summed E-state index contributed by atoms with van der Waals surface area (Å²) in [5, 5.41) is 17.1. The Balaban J connectivity index is 1.45. The summed E-state index contributed by atoms with van der Waals surface area (Å²) < 4.78 is 17.8. The topological polar surface area (TPSA) is 120 Å². The van der Waals surface area contributed by atoms with Gasteiger partial charge in [-0.1, -0.05) is 17.3 Å². The third kappa shape index (κ3) is 3.80. The number of hydrogen-bond acceptors (Lipinski definition) is 8. The molecule has 0 unspecified atom stereocenters. The van der Waals surface area contributed by atoms with Crippen LogP contribution in [-0.4, -0.2) is 47.7 Å². The predicted octanol–water partition coefficient (Wildman–Crippen LogP) is 2.88. The molecule has 156 valence electrons. The molecule has 1 aliphatic heterocycles. The van der Waals surface area contributed by atoms with Crippen LogP contribution in [0.1, 0.15) is 37.2 Å². The summed E-state index contributed by atoms with van der Waals surface area (Å²) in [4.78, 5) is 14.5. The van der Waals surface area contributed by atoms with E-state index in [1.54, 1.807) is 6.92 Å². The van der Waals surface area contributed by atoms with E-state index in [0.29, 0.717) is 35.5 Å². The van der Waals surface area contributed by atoms with Gasteiger partial charge in [0.15, 0.2) is 17.5 Å². The molecule has 0 amide bonds. The van der Waals surface area contributed by atoms with Gasteiger partial charge in [0.05, 0.1) is 6.10 Å². The summed E-state index contributed by atoms with van der Waals surface area (Å²) >= 11 is -1.08. The van der Waals surface area contributed by atoms with Crippen molar-refractivity contribution < 1.29 is 14.2 Å². The Morgan fingerprint density at radius 3 is 2.50 bits per heavy atom. The number of aliphatic hydroxyl groups is 1. The van der Waals surface area contributed by atoms with E-state index >= 15 is 0 Å². The fourth-order valence-corrected chi connectivity index (χ4v) is 5.33. The number of benzene rings is 1. The van der Waals surface area contributed by atoms with Gasteiger partial charge >= 0.3 is 0 Å². The van der Waals surface area contributed by atoms with Gasteiger partial charge in [-0.25, -0.2) is 9.97 Å². The Kier molecular flexibility index (Phi) is 5.18. The van der Waals surface area contributed by atoms with E-state index in [4.69, 9.17) is 14.5 Å². The molecule has 2 N–H and O–H groups in total. The maximum Gasteiger partial charge on any atom is 0.257 e. The van der Waals surface area contributed by atoms with Crippen LogP contribution in [0.5, 0.6) is 0 Å². The molecule has 1 atom stereocenters. The Morgan fingerprint density at radius 2 is 1.80 bits per heavy atom. The second-order valence-electron chi connectivity index (χ2n) is 7.85. The number of aromatic nitrogens is 4. The molecular formula is C21H23N5O3S. The number of rotatable bonds is 4. The zero-order chi connectivity index (χ0) is 20.7. The zero-order valence-electron chi connectivity index (χ0n) is 16.7. The van der Waals surface area contributed by atoms with Gasteiger partial charge in [0.2, 0.25) is 4.90 Å². The van der Waals surface area contributed by atoms with E-state index in [1.807, 2.05) is 24.3 Å². The number of nitrogens with one attached hydrogen (secondary N) is 1. The van der Waals surface area contributed by atoms with Crippen LogP contribution in [0.4, 0.5) is 5.82 Å². The van der Waals surface area contributed by atoms with Crippen molar-refractivity contribution in [1.82, 2.24) is 20.1 Å². The van der Waals surface area contributed by atoms with Gasteiger partial charge in [-0.3, -0.25) is 0 Å². The minimum absolute atomic E-state index is 0.218. The maximum atomic E-state index is 12.6. The van der Waals surface area contributed by atoms with Crippen molar-refractivity contribution in [2.45, 2.75) is 56.1 Å². The lowest BCUT2D eigenvalue weighted by Gasteiger charge is -2.27. The molecule has 8 nitrogen and oxygen atoms in total. The lowest BCUT2D eigenvalue weighted by Crippen LogP contribution is -2.29. The molecule has 0 bridgehead atoms. The fraction of sp³-hybridized carbons (Fsp3) is 0.429. The Labute approximate surface area is 177 Å². The molecule has 1 saturated carbocycles. The Bertz CT molecular complexity index is 1050. The highest BCUT2D eigenvalue weighted by molar-refractivity contribution is 7.91. The molecule has 3 heterocycles. The van der Waals surface area contributed by atoms with E-state index in [2.05, 4.69) is 15.5 Å².